The first-order chi connectivity index (χ1) is 4.45. The van der Waals surface area contributed by atoms with Gasteiger partial charge < -0.3 is 10.5 Å². The summed E-state index contributed by atoms with van der Waals surface area (Å²) in [5.74, 6) is 0.472. The van der Waals surface area contributed by atoms with Gasteiger partial charge >= 0.3 is 0 Å². The van der Waals surface area contributed by atoms with E-state index >= 15 is 0 Å². The molecule has 0 aromatic carbocycles. The third kappa shape index (κ3) is 6.05. The van der Waals surface area contributed by atoms with Gasteiger partial charge in [0.1, 0.15) is 0 Å². The molecule has 2 N–H and O–H groups in total. The third-order valence-corrected chi connectivity index (χ3v) is 1.20. The van der Waals surface area contributed by atoms with Gasteiger partial charge in [-0.1, -0.05) is 6.92 Å². The zero-order valence-corrected chi connectivity index (χ0v) is 7.48. The van der Waals surface area contributed by atoms with Crippen LogP contribution >= 0.6 is 0 Å². The van der Waals surface area contributed by atoms with Gasteiger partial charge in [-0.25, -0.2) is 0 Å². The van der Waals surface area contributed by atoms with Crippen molar-refractivity contribution in [2.24, 2.45) is 11.7 Å². The molecule has 0 aliphatic carbocycles. The SMILES string of the molecule is CC(CN)COC(C)(C)C. The van der Waals surface area contributed by atoms with Crippen molar-refractivity contribution in [1.29, 1.82) is 0 Å². The monoisotopic (exact) mass is 145 g/mol. The molecular weight excluding hydrogens is 126 g/mol. The van der Waals surface area contributed by atoms with Gasteiger partial charge in [-0.15, -0.1) is 0 Å². The van der Waals surface area contributed by atoms with Gasteiger partial charge in [0, 0.05) is 0 Å². The van der Waals surface area contributed by atoms with Crippen LogP contribution in [-0.4, -0.2) is 18.8 Å². The second-order valence-corrected chi connectivity index (χ2v) is 3.76. The first-order valence-electron chi connectivity index (χ1n) is 3.79. The largest absolute Gasteiger partial charge is 0.376 e. The van der Waals surface area contributed by atoms with E-state index < -0.39 is 0 Å². The Labute approximate surface area is 63.7 Å². The predicted molar refractivity (Wildman–Crippen MR) is 43.9 cm³/mol. The van der Waals surface area contributed by atoms with Crippen molar-refractivity contribution < 1.29 is 4.74 Å². The highest BCUT2D eigenvalue weighted by molar-refractivity contribution is 4.60. The maximum absolute atomic E-state index is 5.50. The normalized spacial score (nSPS) is 15.3. The van der Waals surface area contributed by atoms with E-state index in [4.69, 9.17) is 10.5 Å². The van der Waals surface area contributed by atoms with Crippen LogP contribution in [0.1, 0.15) is 27.7 Å². The lowest BCUT2D eigenvalue weighted by Crippen LogP contribution is -2.25. The van der Waals surface area contributed by atoms with E-state index in [2.05, 4.69) is 27.7 Å². The van der Waals surface area contributed by atoms with Gasteiger partial charge in [0.15, 0.2) is 0 Å². The summed E-state index contributed by atoms with van der Waals surface area (Å²) < 4.78 is 5.50. The molecule has 0 aromatic rings. The topological polar surface area (TPSA) is 35.2 Å². The zero-order chi connectivity index (χ0) is 8.20. The Kier molecular flexibility index (Phi) is 3.91. The van der Waals surface area contributed by atoms with Gasteiger partial charge in [-0.3, -0.25) is 0 Å². The summed E-state index contributed by atoms with van der Waals surface area (Å²) in [4.78, 5) is 0. The minimum Gasteiger partial charge on any atom is -0.376 e. The maximum Gasteiger partial charge on any atom is 0.0598 e. The van der Waals surface area contributed by atoms with Gasteiger partial charge in [-0.2, -0.15) is 0 Å². The molecule has 0 heterocycles. The molecule has 10 heavy (non-hydrogen) atoms. The van der Waals surface area contributed by atoms with E-state index in [1.807, 2.05) is 0 Å². The van der Waals surface area contributed by atoms with Crippen LogP contribution in [0.5, 0.6) is 0 Å². The lowest BCUT2D eigenvalue weighted by atomic mass is 10.1. The van der Waals surface area contributed by atoms with Crippen molar-refractivity contribution in [1.82, 2.24) is 0 Å². The average Bonchev–Trinajstić information content (AvgIpc) is 1.81. The molecule has 0 spiro atoms. The molecule has 0 saturated carbocycles. The Morgan fingerprint density at radius 2 is 1.90 bits per heavy atom. The lowest BCUT2D eigenvalue weighted by Gasteiger charge is -2.21. The van der Waals surface area contributed by atoms with E-state index in [1.165, 1.54) is 0 Å². The number of hydrogen-bond acceptors (Lipinski definition) is 2. The highest BCUT2D eigenvalue weighted by atomic mass is 16.5. The maximum atomic E-state index is 5.50. The van der Waals surface area contributed by atoms with Crippen LogP contribution in [0.2, 0.25) is 0 Å². The summed E-state index contributed by atoms with van der Waals surface area (Å²) >= 11 is 0. The Balaban J connectivity index is 3.36. The number of ether oxygens (including phenoxy) is 1. The smallest absolute Gasteiger partial charge is 0.0598 e. The highest BCUT2D eigenvalue weighted by Gasteiger charge is 2.11. The molecule has 0 amide bonds. The van der Waals surface area contributed by atoms with Gasteiger partial charge in [0.05, 0.1) is 12.2 Å². The molecule has 0 aliphatic heterocycles. The van der Waals surface area contributed by atoms with Crippen LogP contribution in [0, 0.1) is 5.92 Å². The minimum atomic E-state index is -0.0244. The summed E-state index contributed by atoms with van der Waals surface area (Å²) in [5, 5.41) is 0. The Hall–Kier alpha value is -0.0800. The van der Waals surface area contributed by atoms with Crippen LogP contribution in [0.4, 0.5) is 0 Å². The second-order valence-electron chi connectivity index (χ2n) is 3.76. The molecule has 0 rings (SSSR count). The lowest BCUT2D eigenvalue weighted by molar-refractivity contribution is -0.0180. The molecule has 62 valence electrons. The molecular formula is C8H19NO. The first kappa shape index (κ1) is 9.92. The molecule has 0 aliphatic rings. The zero-order valence-electron chi connectivity index (χ0n) is 7.48. The average molecular weight is 145 g/mol. The van der Waals surface area contributed by atoms with Crippen molar-refractivity contribution in [2.75, 3.05) is 13.2 Å². The number of hydrogen-bond donors (Lipinski definition) is 1. The predicted octanol–water partition coefficient (Wildman–Crippen LogP) is 1.40. The molecule has 2 nitrogen and oxygen atoms in total. The highest BCUT2D eigenvalue weighted by Crippen LogP contribution is 2.08. The van der Waals surface area contributed by atoms with Crippen LogP contribution in [0.3, 0.4) is 0 Å². The van der Waals surface area contributed by atoms with Crippen LogP contribution < -0.4 is 5.73 Å². The van der Waals surface area contributed by atoms with E-state index in [0.29, 0.717) is 12.5 Å². The molecule has 0 aromatic heterocycles. The molecule has 2 heteroatoms. The van der Waals surface area contributed by atoms with Crippen LogP contribution in [0.25, 0.3) is 0 Å². The minimum absolute atomic E-state index is 0.0244. The van der Waals surface area contributed by atoms with Crippen molar-refractivity contribution in [3.05, 3.63) is 0 Å². The third-order valence-electron chi connectivity index (χ3n) is 1.20. The number of rotatable bonds is 3. The second kappa shape index (κ2) is 3.94. The molecule has 1 unspecified atom stereocenters. The van der Waals surface area contributed by atoms with Gasteiger partial charge in [-0.05, 0) is 33.2 Å². The number of nitrogens with two attached hydrogens (primary N) is 1. The van der Waals surface area contributed by atoms with Crippen LogP contribution in [-0.2, 0) is 4.74 Å². The van der Waals surface area contributed by atoms with Gasteiger partial charge in [0.25, 0.3) is 0 Å². The first-order valence-corrected chi connectivity index (χ1v) is 3.79. The fourth-order valence-corrected chi connectivity index (χ4v) is 0.460. The molecule has 0 radical (unpaired) electrons. The summed E-state index contributed by atoms with van der Waals surface area (Å²) in [5.41, 5.74) is 5.40. The summed E-state index contributed by atoms with van der Waals surface area (Å²) in [6.07, 6.45) is 0. The summed E-state index contributed by atoms with van der Waals surface area (Å²) in [6, 6.07) is 0. The standard InChI is InChI=1S/C8H19NO/c1-7(5-9)6-10-8(2,3)4/h7H,5-6,9H2,1-4H3. The molecule has 0 bridgehead atoms. The summed E-state index contributed by atoms with van der Waals surface area (Å²) in [7, 11) is 0. The van der Waals surface area contributed by atoms with Gasteiger partial charge in [0.2, 0.25) is 0 Å². The van der Waals surface area contributed by atoms with E-state index in [1.54, 1.807) is 0 Å². The fraction of sp³-hybridized carbons (Fsp3) is 1.00. The summed E-state index contributed by atoms with van der Waals surface area (Å²) in [6.45, 7) is 9.71. The molecule has 0 saturated heterocycles. The van der Waals surface area contributed by atoms with Crippen LogP contribution in [0.15, 0.2) is 0 Å². The Bertz CT molecular complexity index is 85.7. The molecule has 0 fully saturated rings. The van der Waals surface area contributed by atoms with E-state index in [-0.39, 0.29) is 5.60 Å². The Morgan fingerprint density at radius 1 is 1.40 bits per heavy atom. The van der Waals surface area contributed by atoms with Crippen molar-refractivity contribution >= 4 is 0 Å². The van der Waals surface area contributed by atoms with E-state index in [0.717, 1.165) is 6.61 Å². The van der Waals surface area contributed by atoms with Crippen molar-refractivity contribution in [3.63, 3.8) is 0 Å². The quantitative estimate of drug-likeness (QED) is 0.651. The van der Waals surface area contributed by atoms with Crippen molar-refractivity contribution in [2.45, 2.75) is 33.3 Å². The van der Waals surface area contributed by atoms with Crippen molar-refractivity contribution in [3.8, 4) is 0 Å². The fourth-order valence-electron chi connectivity index (χ4n) is 0.460. The Morgan fingerprint density at radius 3 is 2.20 bits per heavy atom. The molecule has 1 atom stereocenters. The van der Waals surface area contributed by atoms with E-state index in [9.17, 15) is 0 Å².